The van der Waals surface area contributed by atoms with Gasteiger partial charge in [-0.3, -0.25) is 0 Å². The molecule has 6 atom stereocenters. The Balaban J connectivity index is 0.000000208. The zero-order valence-corrected chi connectivity index (χ0v) is 29.1. The molecule has 0 unspecified atom stereocenters. The number of cyclic esters (lactones) is 2. The van der Waals surface area contributed by atoms with Gasteiger partial charge in [0.05, 0.1) is 29.4 Å². The normalized spacial score (nSPS) is 24.2. The van der Waals surface area contributed by atoms with E-state index in [9.17, 15) is 33.2 Å². The Hall–Kier alpha value is -6.44. The zero-order valence-electron chi connectivity index (χ0n) is 29.1. The van der Waals surface area contributed by atoms with Crippen molar-refractivity contribution in [3.8, 4) is 0 Å². The molecule has 0 spiro atoms. The molecular weight excluding hydrogens is 710 g/mol. The van der Waals surface area contributed by atoms with Gasteiger partial charge in [-0.25, -0.2) is 37.5 Å². The predicted molar refractivity (Wildman–Crippen MR) is 184 cm³/mol. The van der Waals surface area contributed by atoms with Gasteiger partial charge in [0.1, 0.15) is 6.61 Å². The second-order valence-corrected chi connectivity index (χ2v) is 12.3. The number of benzene rings is 4. The third kappa shape index (κ3) is 8.44. The topological polar surface area (TPSA) is 158 Å². The maximum Gasteiger partial charge on any atom is 0.348 e. The fraction of sp³-hybridized carbons (Fsp3) is 0.250. The van der Waals surface area contributed by atoms with Gasteiger partial charge in [-0.2, -0.15) is 0 Å². The Morgan fingerprint density at radius 1 is 0.593 bits per heavy atom. The molecule has 0 aliphatic carbocycles. The fourth-order valence-corrected chi connectivity index (χ4v) is 5.55. The number of esters is 6. The average Bonchev–Trinajstić information content (AvgIpc) is 3.55. The number of hydrogen-bond donors (Lipinski definition) is 0. The van der Waals surface area contributed by atoms with Crippen molar-refractivity contribution >= 4 is 35.8 Å². The lowest BCUT2D eigenvalue weighted by Gasteiger charge is -2.24. The molecule has 12 nitrogen and oxygen atoms in total. The summed E-state index contributed by atoms with van der Waals surface area (Å²) in [5.74, 6) is -5.29. The van der Waals surface area contributed by atoms with Crippen molar-refractivity contribution in [3.63, 3.8) is 0 Å². The molecule has 0 saturated carbocycles. The van der Waals surface area contributed by atoms with E-state index < -0.39 is 78.2 Å². The summed E-state index contributed by atoms with van der Waals surface area (Å²) in [6.45, 7) is 1.52. The molecule has 2 aliphatic heterocycles. The number of halogens is 2. The highest BCUT2D eigenvalue weighted by atomic mass is 19.1. The van der Waals surface area contributed by atoms with Crippen LogP contribution in [-0.4, -0.2) is 79.2 Å². The van der Waals surface area contributed by atoms with E-state index in [0.717, 1.165) is 13.8 Å². The molecule has 0 amide bonds. The minimum Gasteiger partial charge on any atom is -0.465 e. The summed E-state index contributed by atoms with van der Waals surface area (Å²) in [5, 5.41) is 0. The van der Waals surface area contributed by atoms with Gasteiger partial charge in [0.25, 0.3) is 0 Å². The first-order chi connectivity index (χ1) is 25.7. The lowest BCUT2D eigenvalue weighted by Crippen LogP contribution is -2.44. The van der Waals surface area contributed by atoms with Gasteiger partial charge in [0, 0.05) is 5.56 Å². The molecule has 4 aromatic carbocycles. The van der Waals surface area contributed by atoms with E-state index in [-0.39, 0.29) is 22.3 Å². The monoisotopic (exact) mass is 744 g/mol. The Morgan fingerprint density at radius 2 is 1.02 bits per heavy atom. The van der Waals surface area contributed by atoms with E-state index >= 15 is 4.39 Å². The molecule has 0 bridgehead atoms. The molecule has 6 rings (SSSR count). The molecule has 2 saturated heterocycles. The van der Waals surface area contributed by atoms with E-state index in [1.54, 1.807) is 78.9 Å². The summed E-state index contributed by atoms with van der Waals surface area (Å²) in [7, 11) is 1.20. The number of carbonyl (C=O) groups is 6. The summed E-state index contributed by atoms with van der Waals surface area (Å²) in [6.07, 6.45) is -5.63. The van der Waals surface area contributed by atoms with Crippen molar-refractivity contribution in [2.45, 2.75) is 49.6 Å². The highest BCUT2D eigenvalue weighted by Crippen LogP contribution is 2.42. The largest absolute Gasteiger partial charge is 0.465 e. The van der Waals surface area contributed by atoms with Gasteiger partial charge in [-0.1, -0.05) is 72.8 Å². The molecule has 0 N–H and O–H groups in total. The number of ether oxygens (including phenoxy) is 6. The summed E-state index contributed by atoms with van der Waals surface area (Å²) < 4.78 is 60.2. The van der Waals surface area contributed by atoms with E-state index in [2.05, 4.69) is 0 Å². The summed E-state index contributed by atoms with van der Waals surface area (Å²) >= 11 is 0. The predicted octanol–water partition coefficient (Wildman–Crippen LogP) is 5.75. The lowest BCUT2D eigenvalue weighted by atomic mass is 9.92. The number of carbonyl (C=O) groups excluding carboxylic acids is 6. The smallest absolute Gasteiger partial charge is 0.348 e. The highest BCUT2D eigenvalue weighted by molar-refractivity contribution is 5.94. The molecule has 2 fully saturated rings. The zero-order chi connectivity index (χ0) is 39.0. The van der Waals surface area contributed by atoms with Crippen molar-refractivity contribution in [2.75, 3.05) is 13.7 Å². The van der Waals surface area contributed by atoms with E-state index in [1.807, 2.05) is 0 Å². The molecule has 0 radical (unpaired) electrons. The number of methoxy groups -OCH3 is 1. The van der Waals surface area contributed by atoms with Crippen LogP contribution < -0.4 is 0 Å². The Bertz CT molecular complexity index is 2000. The number of alkyl halides is 2. The molecule has 14 heteroatoms. The molecular formula is C40H34F2O12. The van der Waals surface area contributed by atoms with Gasteiger partial charge < -0.3 is 28.4 Å². The molecule has 2 heterocycles. The lowest BCUT2D eigenvalue weighted by molar-refractivity contribution is -0.150. The van der Waals surface area contributed by atoms with Crippen LogP contribution >= 0.6 is 0 Å². The van der Waals surface area contributed by atoms with Crippen LogP contribution in [0.15, 0.2) is 115 Å². The summed E-state index contributed by atoms with van der Waals surface area (Å²) in [6, 6.07) is 30.3. The first-order valence-electron chi connectivity index (χ1n) is 16.5. The van der Waals surface area contributed by atoms with Crippen molar-refractivity contribution in [1.29, 1.82) is 0 Å². The van der Waals surface area contributed by atoms with E-state index in [0.29, 0.717) is 5.56 Å². The van der Waals surface area contributed by atoms with E-state index in [4.69, 9.17) is 28.4 Å². The van der Waals surface area contributed by atoms with Crippen LogP contribution in [0.5, 0.6) is 0 Å². The number of hydrogen-bond acceptors (Lipinski definition) is 12. The van der Waals surface area contributed by atoms with E-state index in [1.165, 1.54) is 43.5 Å². The van der Waals surface area contributed by atoms with Crippen LogP contribution in [0.4, 0.5) is 8.78 Å². The van der Waals surface area contributed by atoms with Crippen LogP contribution in [0.1, 0.15) is 66.9 Å². The molecule has 0 aromatic heterocycles. The Kier molecular flexibility index (Phi) is 11.8. The SMILES string of the molecule is COC(=O)c1ccccc1[C@H]1OC(=O)[C@@](C)(F)[C@@H]1OC(=O)c1ccccc1.C[C@]1(F)C(=O)O[C@@H](COC(=O)c2ccccc2)[C@@H]1OC(=O)c1ccccc1. The second kappa shape index (κ2) is 16.5. The van der Waals surface area contributed by atoms with Crippen LogP contribution in [0, 0.1) is 0 Å². The van der Waals surface area contributed by atoms with Gasteiger partial charge in [-0.05, 0) is 56.3 Å². The first-order valence-corrected chi connectivity index (χ1v) is 16.5. The van der Waals surface area contributed by atoms with Crippen molar-refractivity contribution < 1.29 is 66.0 Å². The van der Waals surface area contributed by atoms with Gasteiger partial charge in [0.15, 0.2) is 24.4 Å². The third-order valence-corrected chi connectivity index (χ3v) is 8.52. The standard InChI is InChI=1S/2C20H17FO6/c1-20(21)16(27-17(22)12-8-4-3-5-9-12)15(26-19(20)24)13-10-6-7-11-14(13)18(23)25-2;1-20(21)16(27-18(23)14-10-6-3-7-11-14)15(26-19(20)24)12-25-17(22)13-8-4-2-5-9-13/h3-11,15-16H,1-2H3;2-11,15-16H,12H2,1H3/t2*15-,16-,20+/m10/s1. The maximum atomic E-state index is 15.0. The van der Waals surface area contributed by atoms with Crippen LogP contribution in [0.3, 0.4) is 0 Å². The maximum absolute atomic E-state index is 15.0. The highest BCUT2D eigenvalue weighted by Gasteiger charge is 2.60. The minimum absolute atomic E-state index is 0.0938. The Labute approximate surface area is 307 Å². The average molecular weight is 745 g/mol. The first kappa shape index (κ1) is 38.8. The fourth-order valence-electron chi connectivity index (χ4n) is 5.55. The Morgan fingerprint density at radius 3 is 1.54 bits per heavy atom. The number of rotatable bonds is 9. The van der Waals surface area contributed by atoms with Gasteiger partial charge in [-0.15, -0.1) is 0 Å². The van der Waals surface area contributed by atoms with Crippen LogP contribution in [0.25, 0.3) is 0 Å². The van der Waals surface area contributed by atoms with Crippen LogP contribution in [-0.2, 0) is 38.0 Å². The molecule has 4 aromatic rings. The van der Waals surface area contributed by atoms with Crippen molar-refractivity contribution in [2.24, 2.45) is 0 Å². The minimum atomic E-state index is -2.57. The van der Waals surface area contributed by atoms with Crippen molar-refractivity contribution in [1.82, 2.24) is 0 Å². The third-order valence-electron chi connectivity index (χ3n) is 8.52. The van der Waals surface area contributed by atoms with Gasteiger partial charge in [0.2, 0.25) is 11.3 Å². The van der Waals surface area contributed by atoms with Crippen molar-refractivity contribution in [3.05, 3.63) is 143 Å². The van der Waals surface area contributed by atoms with Crippen LogP contribution in [0.2, 0.25) is 0 Å². The summed E-state index contributed by atoms with van der Waals surface area (Å²) in [5.41, 5.74) is -4.13. The van der Waals surface area contributed by atoms with Gasteiger partial charge >= 0.3 is 35.8 Å². The summed E-state index contributed by atoms with van der Waals surface area (Å²) in [4.78, 5) is 72.6. The molecule has 2 aliphatic rings. The molecule has 280 valence electrons. The second-order valence-electron chi connectivity index (χ2n) is 12.3. The molecule has 54 heavy (non-hydrogen) atoms. The quantitative estimate of drug-likeness (QED) is 0.151.